The third kappa shape index (κ3) is 3.95. The summed E-state index contributed by atoms with van der Waals surface area (Å²) in [6.07, 6.45) is 2.20. The number of halogens is 1. The number of hydrogen-bond donors (Lipinski definition) is 0. The molecule has 0 amide bonds. The Morgan fingerprint density at radius 1 is 1.07 bits per heavy atom. The second kappa shape index (κ2) is 7.41. The van der Waals surface area contributed by atoms with E-state index >= 15 is 0 Å². The van der Waals surface area contributed by atoms with E-state index in [-0.39, 0.29) is 18.1 Å². The molecule has 7 heteroatoms. The van der Waals surface area contributed by atoms with Gasteiger partial charge in [0.25, 0.3) is 0 Å². The molecule has 0 unspecified atom stereocenters. The lowest BCUT2D eigenvalue weighted by molar-refractivity contribution is 0.386. The molecule has 0 spiro atoms. The summed E-state index contributed by atoms with van der Waals surface area (Å²) in [5.41, 5.74) is 4.26. The molecule has 0 bridgehead atoms. The van der Waals surface area contributed by atoms with Crippen LogP contribution in [0.2, 0.25) is 0 Å². The Kier molecular flexibility index (Phi) is 4.95. The molecule has 1 aliphatic rings. The SMILES string of the molecule is Cc1ccc(CS(=O)(=O)N2CCc3nc(-c4ccc(F)cc4)ncc3C2)cc1. The van der Waals surface area contributed by atoms with Gasteiger partial charge in [-0.15, -0.1) is 0 Å². The topological polar surface area (TPSA) is 63.2 Å². The Labute approximate surface area is 163 Å². The van der Waals surface area contributed by atoms with Gasteiger partial charge in [-0.05, 0) is 36.8 Å². The van der Waals surface area contributed by atoms with Gasteiger partial charge >= 0.3 is 0 Å². The van der Waals surface area contributed by atoms with Crippen LogP contribution in [0.1, 0.15) is 22.4 Å². The first kappa shape index (κ1) is 18.7. The minimum atomic E-state index is -3.42. The molecule has 3 aromatic rings. The van der Waals surface area contributed by atoms with Crippen molar-refractivity contribution in [1.82, 2.24) is 14.3 Å². The number of sulfonamides is 1. The highest BCUT2D eigenvalue weighted by atomic mass is 32.2. The van der Waals surface area contributed by atoms with E-state index in [0.717, 1.165) is 27.9 Å². The number of aryl methyl sites for hydroxylation is 1. The minimum absolute atomic E-state index is 0.0167. The fraction of sp³-hybridized carbons (Fsp3) is 0.238. The third-order valence-corrected chi connectivity index (χ3v) is 6.66. The number of benzene rings is 2. The molecule has 1 aliphatic heterocycles. The summed E-state index contributed by atoms with van der Waals surface area (Å²) in [4.78, 5) is 8.92. The molecular weight excluding hydrogens is 377 g/mol. The first-order valence-corrected chi connectivity index (χ1v) is 10.7. The van der Waals surface area contributed by atoms with Crippen molar-refractivity contribution in [3.05, 3.63) is 82.9 Å². The van der Waals surface area contributed by atoms with Crippen molar-refractivity contribution < 1.29 is 12.8 Å². The van der Waals surface area contributed by atoms with E-state index in [1.165, 1.54) is 16.4 Å². The highest BCUT2D eigenvalue weighted by molar-refractivity contribution is 7.88. The summed E-state index contributed by atoms with van der Waals surface area (Å²) in [7, 11) is -3.42. The van der Waals surface area contributed by atoms with Gasteiger partial charge in [-0.2, -0.15) is 4.31 Å². The Balaban J connectivity index is 1.53. The molecule has 4 rings (SSSR count). The fourth-order valence-electron chi connectivity index (χ4n) is 3.25. The molecule has 0 fully saturated rings. The smallest absolute Gasteiger partial charge is 0.218 e. The normalized spacial score (nSPS) is 14.6. The quantitative estimate of drug-likeness (QED) is 0.676. The molecule has 5 nitrogen and oxygen atoms in total. The molecule has 0 aliphatic carbocycles. The number of hydrogen-bond acceptors (Lipinski definition) is 4. The van der Waals surface area contributed by atoms with Crippen molar-refractivity contribution in [1.29, 1.82) is 0 Å². The third-order valence-electron chi connectivity index (χ3n) is 4.86. The van der Waals surface area contributed by atoms with E-state index in [9.17, 15) is 12.8 Å². The second-order valence-corrected chi connectivity index (χ2v) is 8.97. The number of rotatable bonds is 4. The molecule has 0 saturated heterocycles. The zero-order chi connectivity index (χ0) is 19.7. The molecule has 0 N–H and O–H groups in total. The van der Waals surface area contributed by atoms with Gasteiger partial charge < -0.3 is 0 Å². The zero-order valence-electron chi connectivity index (χ0n) is 15.5. The maximum absolute atomic E-state index is 13.1. The first-order valence-electron chi connectivity index (χ1n) is 9.05. The average molecular weight is 397 g/mol. The van der Waals surface area contributed by atoms with Crippen molar-refractivity contribution in [2.45, 2.75) is 25.6 Å². The first-order chi connectivity index (χ1) is 13.4. The van der Waals surface area contributed by atoms with Crippen molar-refractivity contribution >= 4 is 10.0 Å². The Hall–Kier alpha value is -2.64. The van der Waals surface area contributed by atoms with Gasteiger partial charge in [-0.25, -0.2) is 22.8 Å². The van der Waals surface area contributed by atoms with Gasteiger partial charge in [-0.1, -0.05) is 29.8 Å². The fourth-order valence-corrected chi connectivity index (χ4v) is 4.75. The largest absolute Gasteiger partial charge is 0.236 e. The number of aromatic nitrogens is 2. The van der Waals surface area contributed by atoms with E-state index in [1.54, 1.807) is 18.3 Å². The highest BCUT2D eigenvalue weighted by Crippen LogP contribution is 2.24. The molecule has 28 heavy (non-hydrogen) atoms. The average Bonchev–Trinajstić information content (AvgIpc) is 2.69. The van der Waals surface area contributed by atoms with Crippen LogP contribution in [-0.4, -0.2) is 29.2 Å². The van der Waals surface area contributed by atoms with Crippen molar-refractivity contribution in [3.8, 4) is 11.4 Å². The van der Waals surface area contributed by atoms with Crippen LogP contribution in [0.15, 0.2) is 54.7 Å². The molecule has 0 atom stereocenters. The lowest BCUT2D eigenvalue weighted by Gasteiger charge is -2.27. The van der Waals surface area contributed by atoms with Crippen LogP contribution in [0.3, 0.4) is 0 Å². The van der Waals surface area contributed by atoms with E-state index in [1.807, 2.05) is 31.2 Å². The van der Waals surface area contributed by atoms with Crippen molar-refractivity contribution in [3.63, 3.8) is 0 Å². The van der Waals surface area contributed by atoms with Gasteiger partial charge in [0.1, 0.15) is 5.82 Å². The van der Waals surface area contributed by atoms with Crippen LogP contribution in [0.25, 0.3) is 11.4 Å². The number of nitrogens with zero attached hydrogens (tertiary/aromatic N) is 3. The van der Waals surface area contributed by atoms with Crippen LogP contribution >= 0.6 is 0 Å². The van der Waals surface area contributed by atoms with Crippen LogP contribution < -0.4 is 0 Å². The van der Waals surface area contributed by atoms with E-state index < -0.39 is 10.0 Å². The van der Waals surface area contributed by atoms with Gasteiger partial charge in [0.05, 0.1) is 11.4 Å². The highest BCUT2D eigenvalue weighted by Gasteiger charge is 2.28. The molecule has 144 valence electrons. The summed E-state index contributed by atoms with van der Waals surface area (Å²) < 4.78 is 40.2. The molecule has 1 aromatic heterocycles. The number of fused-ring (bicyclic) bond motifs is 1. The Morgan fingerprint density at radius 3 is 2.50 bits per heavy atom. The standard InChI is InChI=1S/C21H20FN3O2S/c1-15-2-4-16(5-3-15)14-28(26,27)25-11-10-20-18(13-25)12-23-21(24-20)17-6-8-19(22)9-7-17/h2-9,12H,10-11,13-14H2,1H3. The van der Waals surface area contributed by atoms with Crippen LogP contribution in [-0.2, 0) is 28.7 Å². The van der Waals surface area contributed by atoms with Crippen LogP contribution in [0.5, 0.6) is 0 Å². The summed E-state index contributed by atoms with van der Waals surface area (Å²) >= 11 is 0. The predicted octanol–water partition coefficient (Wildman–Crippen LogP) is 3.48. The van der Waals surface area contributed by atoms with Crippen molar-refractivity contribution in [2.24, 2.45) is 0 Å². The lowest BCUT2D eigenvalue weighted by Crippen LogP contribution is -2.37. The van der Waals surface area contributed by atoms with Crippen LogP contribution in [0, 0.1) is 12.7 Å². The van der Waals surface area contributed by atoms with Gasteiger partial charge in [0, 0.05) is 36.8 Å². The maximum atomic E-state index is 13.1. The summed E-state index contributed by atoms with van der Waals surface area (Å²) in [5.74, 6) is 0.197. The molecule has 0 saturated carbocycles. The van der Waals surface area contributed by atoms with Gasteiger partial charge in [0.2, 0.25) is 10.0 Å². The van der Waals surface area contributed by atoms with Gasteiger partial charge in [-0.3, -0.25) is 0 Å². The lowest BCUT2D eigenvalue weighted by atomic mass is 10.1. The monoisotopic (exact) mass is 397 g/mol. The minimum Gasteiger partial charge on any atom is -0.236 e. The summed E-state index contributed by atoms with van der Waals surface area (Å²) in [5, 5.41) is 0. The van der Waals surface area contributed by atoms with E-state index in [0.29, 0.717) is 18.8 Å². The second-order valence-electron chi connectivity index (χ2n) is 7.00. The predicted molar refractivity (Wildman–Crippen MR) is 105 cm³/mol. The zero-order valence-corrected chi connectivity index (χ0v) is 16.3. The Bertz CT molecular complexity index is 1100. The van der Waals surface area contributed by atoms with Crippen molar-refractivity contribution in [2.75, 3.05) is 6.54 Å². The molecule has 2 aromatic carbocycles. The molecule has 2 heterocycles. The van der Waals surface area contributed by atoms with E-state index in [4.69, 9.17) is 0 Å². The summed E-state index contributed by atoms with van der Waals surface area (Å²) in [6, 6.07) is 13.6. The van der Waals surface area contributed by atoms with Crippen LogP contribution in [0.4, 0.5) is 4.39 Å². The maximum Gasteiger partial charge on any atom is 0.218 e. The van der Waals surface area contributed by atoms with Gasteiger partial charge in [0.15, 0.2) is 5.82 Å². The summed E-state index contributed by atoms with van der Waals surface area (Å²) in [6.45, 7) is 2.63. The van der Waals surface area contributed by atoms with E-state index in [2.05, 4.69) is 9.97 Å². The molecule has 0 radical (unpaired) electrons. The Morgan fingerprint density at radius 2 is 1.79 bits per heavy atom. The molecular formula is C21H20FN3O2S.